The molecule has 1 unspecified atom stereocenters. The predicted molar refractivity (Wildman–Crippen MR) is 79.3 cm³/mol. The van der Waals surface area contributed by atoms with E-state index in [0.29, 0.717) is 0 Å². The highest BCUT2D eigenvalue weighted by atomic mass is 16.5. The van der Waals surface area contributed by atoms with Gasteiger partial charge in [0.2, 0.25) is 0 Å². The van der Waals surface area contributed by atoms with E-state index in [0.717, 1.165) is 31.0 Å². The molecule has 2 aliphatic heterocycles. The summed E-state index contributed by atoms with van der Waals surface area (Å²) in [7, 11) is 0. The summed E-state index contributed by atoms with van der Waals surface area (Å²) in [6, 6.07) is 0. The number of nitrogens with zero attached hydrogens (tertiary/aromatic N) is 1. The minimum atomic E-state index is 0.947. The molecule has 1 saturated carbocycles. The second-order valence-electron chi connectivity index (χ2n) is 7.09. The van der Waals surface area contributed by atoms with E-state index in [-0.39, 0.29) is 0 Å². The first kappa shape index (κ1) is 13.9. The minimum Gasteiger partial charge on any atom is -0.381 e. The van der Waals surface area contributed by atoms with Crippen LogP contribution in [0.1, 0.15) is 57.8 Å². The van der Waals surface area contributed by atoms with Crippen molar-refractivity contribution in [2.45, 2.75) is 57.8 Å². The van der Waals surface area contributed by atoms with Gasteiger partial charge in [-0.3, -0.25) is 0 Å². The molecule has 3 aliphatic rings. The molecule has 3 fully saturated rings. The van der Waals surface area contributed by atoms with Gasteiger partial charge in [0.15, 0.2) is 0 Å². The maximum Gasteiger partial charge on any atom is 0.0468 e. The van der Waals surface area contributed by atoms with E-state index in [1.54, 1.807) is 0 Å². The van der Waals surface area contributed by atoms with Gasteiger partial charge < -0.3 is 9.64 Å². The highest BCUT2D eigenvalue weighted by Gasteiger charge is 2.30. The van der Waals surface area contributed by atoms with E-state index in [1.807, 2.05) is 0 Å². The summed E-state index contributed by atoms with van der Waals surface area (Å²) in [6.07, 6.45) is 13.1. The van der Waals surface area contributed by atoms with Crippen molar-refractivity contribution >= 4 is 0 Å². The maximum absolute atomic E-state index is 5.45. The highest BCUT2D eigenvalue weighted by Crippen LogP contribution is 2.35. The van der Waals surface area contributed by atoms with Crippen LogP contribution in [0.25, 0.3) is 0 Å². The summed E-state index contributed by atoms with van der Waals surface area (Å²) in [5.41, 5.74) is 0. The van der Waals surface area contributed by atoms with Crippen molar-refractivity contribution in [3.8, 4) is 0 Å². The lowest BCUT2D eigenvalue weighted by atomic mass is 9.80. The van der Waals surface area contributed by atoms with Crippen LogP contribution < -0.4 is 0 Å². The van der Waals surface area contributed by atoms with Crippen molar-refractivity contribution in [3.63, 3.8) is 0 Å². The predicted octanol–water partition coefficient (Wildman–Crippen LogP) is 3.71. The molecule has 1 atom stereocenters. The molecule has 2 nitrogen and oxygen atoms in total. The van der Waals surface area contributed by atoms with Gasteiger partial charge in [0.1, 0.15) is 0 Å². The van der Waals surface area contributed by atoms with Crippen LogP contribution in [0.2, 0.25) is 0 Å². The Morgan fingerprint density at radius 1 is 0.842 bits per heavy atom. The lowest BCUT2D eigenvalue weighted by Gasteiger charge is -2.28. The summed E-state index contributed by atoms with van der Waals surface area (Å²) in [4.78, 5) is 2.76. The first-order chi connectivity index (χ1) is 9.42. The van der Waals surface area contributed by atoms with E-state index in [2.05, 4.69) is 4.90 Å². The average molecular weight is 265 g/mol. The zero-order valence-electron chi connectivity index (χ0n) is 12.5. The Morgan fingerprint density at radius 2 is 1.63 bits per heavy atom. The van der Waals surface area contributed by atoms with Gasteiger partial charge in [-0.15, -0.1) is 0 Å². The molecule has 0 aromatic carbocycles. The molecular formula is C17H31NO. The normalized spacial score (nSPS) is 31.9. The van der Waals surface area contributed by atoms with Gasteiger partial charge in [-0.05, 0) is 56.5 Å². The largest absolute Gasteiger partial charge is 0.381 e. The van der Waals surface area contributed by atoms with E-state index < -0.39 is 0 Å². The van der Waals surface area contributed by atoms with Crippen LogP contribution >= 0.6 is 0 Å². The molecule has 0 bridgehead atoms. The third-order valence-corrected chi connectivity index (χ3v) is 5.82. The Labute approximate surface area is 118 Å². The fourth-order valence-corrected chi connectivity index (χ4v) is 4.46. The topological polar surface area (TPSA) is 12.5 Å². The van der Waals surface area contributed by atoms with Gasteiger partial charge in [0.05, 0.1) is 0 Å². The fourth-order valence-electron chi connectivity index (χ4n) is 4.46. The first-order valence-electron chi connectivity index (χ1n) is 8.72. The summed E-state index contributed by atoms with van der Waals surface area (Å²) in [5.74, 6) is 3.05. The van der Waals surface area contributed by atoms with Crippen molar-refractivity contribution in [3.05, 3.63) is 0 Å². The number of ether oxygens (including phenoxy) is 1. The van der Waals surface area contributed by atoms with Crippen LogP contribution in [-0.2, 0) is 4.74 Å². The summed E-state index contributed by atoms with van der Waals surface area (Å²) >= 11 is 0. The summed E-state index contributed by atoms with van der Waals surface area (Å²) < 4.78 is 5.45. The van der Waals surface area contributed by atoms with Crippen LogP contribution in [0, 0.1) is 17.8 Å². The molecule has 0 N–H and O–H groups in total. The van der Waals surface area contributed by atoms with E-state index in [1.165, 1.54) is 77.4 Å². The van der Waals surface area contributed by atoms with Crippen molar-refractivity contribution in [2.75, 3.05) is 32.8 Å². The molecule has 2 heterocycles. The molecule has 0 radical (unpaired) electrons. The lowest BCUT2D eigenvalue weighted by molar-refractivity contribution is 0.0607. The van der Waals surface area contributed by atoms with Crippen LogP contribution in [-0.4, -0.2) is 37.7 Å². The zero-order chi connectivity index (χ0) is 12.9. The molecule has 1 aliphatic carbocycles. The van der Waals surface area contributed by atoms with Gasteiger partial charge in [-0.25, -0.2) is 0 Å². The number of hydrogen-bond donors (Lipinski definition) is 0. The SMILES string of the molecule is C1CCC(C2CCN(CCC3CCOCC3)C2)CC1. The van der Waals surface area contributed by atoms with Crippen molar-refractivity contribution in [1.82, 2.24) is 4.90 Å². The quantitative estimate of drug-likeness (QED) is 0.768. The Bertz CT molecular complexity index is 256. The monoisotopic (exact) mass is 265 g/mol. The van der Waals surface area contributed by atoms with Crippen LogP contribution in [0.4, 0.5) is 0 Å². The summed E-state index contributed by atoms with van der Waals surface area (Å²) in [6.45, 7) is 6.16. The van der Waals surface area contributed by atoms with Crippen LogP contribution in [0.3, 0.4) is 0 Å². The second kappa shape index (κ2) is 7.08. The van der Waals surface area contributed by atoms with Crippen molar-refractivity contribution in [2.24, 2.45) is 17.8 Å². The third kappa shape index (κ3) is 3.95. The smallest absolute Gasteiger partial charge is 0.0468 e. The molecule has 3 rings (SSSR count). The molecule has 0 aromatic heterocycles. The first-order valence-corrected chi connectivity index (χ1v) is 8.72. The Hall–Kier alpha value is -0.0800. The molecule has 0 spiro atoms. The number of likely N-dealkylation sites (tertiary alicyclic amines) is 1. The Kier molecular flexibility index (Phi) is 5.17. The molecule has 0 amide bonds. The van der Waals surface area contributed by atoms with Gasteiger partial charge in [0, 0.05) is 19.8 Å². The zero-order valence-corrected chi connectivity index (χ0v) is 12.5. The van der Waals surface area contributed by atoms with Crippen molar-refractivity contribution < 1.29 is 4.74 Å². The van der Waals surface area contributed by atoms with Gasteiger partial charge in [-0.2, -0.15) is 0 Å². The summed E-state index contributed by atoms with van der Waals surface area (Å²) in [5, 5.41) is 0. The molecule has 2 heteroatoms. The number of hydrogen-bond acceptors (Lipinski definition) is 2. The van der Waals surface area contributed by atoms with E-state index in [9.17, 15) is 0 Å². The van der Waals surface area contributed by atoms with Crippen LogP contribution in [0.5, 0.6) is 0 Å². The van der Waals surface area contributed by atoms with E-state index in [4.69, 9.17) is 4.74 Å². The molecule has 110 valence electrons. The standard InChI is InChI=1S/C17H31NO/c1-2-4-16(5-3-1)17-7-11-18(14-17)10-6-15-8-12-19-13-9-15/h15-17H,1-14H2. The number of rotatable bonds is 4. The lowest BCUT2D eigenvalue weighted by Crippen LogP contribution is -2.27. The van der Waals surface area contributed by atoms with Gasteiger partial charge >= 0.3 is 0 Å². The molecule has 2 saturated heterocycles. The Morgan fingerprint density at radius 3 is 2.42 bits per heavy atom. The maximum atomic E-state index is 5.45. The minimum absolute atomic E-state index is 0.947. The Balaban J connectivity index is 1.36. The van der Waals surface area contributed by atoms with Gasteiger partial charge in [-0.1, -0.05) is 32.1 Å². The molecular weight excluding hydrogens is 234 g/mol. The molecule has 19 heavy (non-hydrogen) atoms. The van der Waals surface area contributed by atoms with Crippen molar-refractivity contribution in [1.29, 1.82) is 0 Å². The molecule has 0 aromatic rings. The van der Waals surface area contributed by atoms with Gasteiger partial charge in [0.25, 0.3) is 0 Å². The van der Waals surface area contributed by atoms with Crippen LogP contribution in [0.15, 0.2) is 0 Å². The second-order valence-corrected chi connectivity index (χ2v) is 7.09. The average Bonchev–Trinajstić information content (AvgIpc) is 2.96. The van der Waals surface area contributed by atoms with E-state index >= 15 is 0 Å². The fraction of sp³-hybridized carbons (Fsp3) is 1.00. The highest BCUT2D eigenvalue weighted by molar-refractivity contribution is 4.83. The third-order valence-electron chi connectivity index (χ3n) is 5.82.